The number of thiophene rings is 1. The number of aryl methyl sites for hydroxylation is 2. The van der Waals surface area contributed by atoms with Crippen LogP contribution in [0.1, 0.15) is 30.7 Å². The average Bonchev–Trinajstić information content (AvgIpc) is 3.31. The lowest BCUT2D eigenvalue weighted by Crippen LogP contribution is -2.37. The van der Waals surface area contributed by atoms with Crippen molar-refractivity contribution in [2.75, 3.05) is 0 Å². The van der Waals surface area contributed by atoms with E-state index in [0.717, 1.165) is 54.7 Å². The van der Waals surface area contributed by atoms with E-state index in [1.807, 2.05) is 0 Å². The summed E-state index contributed by atoms with van der Waals surface area (Å²) in [7, 11) is 0. The van der Waals surface area contributed by atoms with Crippen LogP contribution >= 0.6 is 22.7 Å². The van der Waals surface area contributed by atoms with E-state index >= 15 is 0 Å². The maximum Gasteiger partial charge on any atom is 0.133 e. The van der Waals surface area contributed by atoms with E-state index in [4.69, 9.17) is 4.98 Å². The molecule has 0 radical (unpaired) electrons. The second kappa shape index (κ2) is 6.51. The van der Waals surface area contributed by atoms with Crippen LogP contribution in [-0.2, 0) is 25.9 Å². The van der Waals surface area contributed by atoms with Gasteiger partial charge in [0.1, 0.15) is 16.7 Å². The third-order valence-corrected chi connectivity index (χ3v) is 5.85. The number of nitrogens with one attached hydrogen (secondary N) is 1. The van der Waals surface area contributed by atoms with Gasteiger partial charge < -0.3 is 9.88 Å². The van der Waals surface area contributed by atoms with Crippen LogP contribution in [0.4, 0.5) is 0 Å². The van der Waals surface area contributed by atoms with Crippen LogP contribution < -0.4 is 5.32 Å². The average molecular weight is 345 g/mol. The third kappa shape index (κ3) is 3.08. The molecule has 1 aliphatic heterocycles. The van der Waals surface area contributed by atoms with Crippen molar-refractivity contribution in [2.45, 2.75) is 45.3 Å². The normalized spacial score (nSPS) is 17.3. The summed E-state index contributed by atoms with van der Waals surface area (Å²) in [5, 5.41) is 19.7. The zero-order valence-corrected chi connectivity index (χ0v) is 14.7. The Kier molecular flexibility index (Phi) is 4.24. The second-order valence-electron chi connectivity index (χ2n) is 5.77. The maximum atomic E-state index is 4.74. The molecule has 0 spiro atoms. The van der Waals surface area contributed by atoms with Gasteiger partial charge in [0.25, 0.3) is 0 Å². The molecule has 1 atom stereocenters. The molecular weight excluding hydrogens is 326 g/mol. The molecule has 23 heavy (non-hydrogen) atoms. The van der Waals surface area contributed by atoms with E-state index < -0.39 is 0 Å². The first-order valence-electron chi connectivity index (χ1n) is 7.94. The number of nitrogens with zero attached hydrogens (tertiary/aromatic N) is 4. The fourth-order valence-corrected chi connectivity index (χ4v) is 4.50. The topological polar surface area (TPSA) is 55.6 Å². The van der Waals surface area contributed by atoms with Crippen molar-refractivity contribution in [1.82, 2.24) is 25.1 Å². The zero-order chi connectivity index (χ0) is 15.6. The van der Waals surface area contributed by atoms with Crippen LogP contribution in [0.5, 0.6) is 0 Å². The molecule has 1 aliphatic rings. The predicted octanol–water partition coefficient (Wildman–Crippen LogP) is 3.13. The Hall–Kier alpha value is -1.57. The standard InChI is InChI=1S/C16H19N5S2/c1-2-14-19-20-15-4-3-12(8-21(14)15)17-7-13-10-23-16(18-13)11-5-6-22-9-11/h5-6,9-10,12,17H,2-4,7-8H2,1H3. The first kappa shape index (κ1) is 15.0. The van der Waals surface area contributed by atoms with Crippen molar-refractivity contribution in [3.63, 3.8) is 0 Å². The third-order valence-electron chi connectivity index (χ3n) is 4.23. The summed E-state index contributed by atoms with van der Waals surface area (Å²) in [4.78, 5) is 4.74. The van der Waals surface area contributed by atoms with Crippen molar-refractivity contribution >= 4 is 22.7 Å². The molecule has 0 saturated carbocycles. The summed E-state index contributed by atoms with van der Waals surface area (Å²) in [5.41, 5.74) is 2.35. The lowest BCUT2D eigenvalue weighted by Gasteiger charge is -2.25. The van der Waals surface area contributed by atoms with Gasteiger partial charge in [-0.15, -0.1) is 21.5 Å². The highest BCUT2D eigenvalue weighted by Gasteiger charge is 2.22. The van der Waals surface area contributed by atoms with E-state index in [1.54, 1.807) is 22.7 Å². The van der Waals surface area contributed by atoms with Crippen molar-refractivity contribution in [3.8, 4) is 10.6 Å². The van der Waals surface area contributed by atoms with Crippen LogP contribution in [0, 0.1) is 0 Å². The second-order valence-corrected chi connectivity index (χ2v) is 7.41. The molecule has 4 heterocycles. The fraction of sp³-hybridized carbons (Fsp3) is 0.438. The molecule has 5 nitrogen and oxygen atoms in total. The summed E-state index contributed by atoms with van der Waals surface area (Å²) < 4.78 is 2.28. The highest BCUT2D eigenvalue weighted by atomic mass is 32.1. The van der Waals surface area contributed by atoms with Gasteiger partial charge in [0.15, 0.2) is 0 Å². The minimum Gasteiger partial charge on any atom is -0.313 e. The van der Waals surface area contributed by atoms with Gasteiger partial charge in [0, 0.05) is 48.3 Å². The largest absolute Gasteiger partial charge is 0.313 e. The minimum atomic E-state index is 0.468. The van der Waals surface area contributed by atoms with Gasteiger partial charge >= 0.3 is 0 Å². The quantitative estimate of drug-likeness (QED) is 0.772. The van der Waals surface area contributed by atoms with Crippen LogP contribution in [0.3, 0.4) is 0 Å². The number of hydrogen-bond donors (Lipinski definition) is 1. The Balaban J connectivity index is 1.38. The van der Waals surface area contributed by atoms with Gasteiger partial charge in [-0.1, -0.05) is 6.92 Å². The molecule has 120 valence electrons. The van der Waals surface area contributed by atoms with Crippen molar-refractivity contribution in [3.05, 3.63) is 39.5 Å². The Morgan fingerprint density at radius 1 is 1.35 bits per heavy atom. The maximum absolute atomic E-state index is 4.74. The van der Waals surface area contributed by atoms with Gasteiger partial charge in [0.05, 0.1) is 5.69 Å². The molecule has 1 unspecified atom stereocenters. The van der Waals surface area contributed by atoms with E-state index in [1.165, 1.54) is 5.56 Å². The Labute approximate surface area is 143 Å². The number of fused-ring (bicyclic) bond motifs is 1. The predicted molar refractivity (Wildman–Crippen MR) is 93.8 cm³/mol. The van der Waals surface area contributed by atoms with E-state index in [-0.39, 0.29) is 0 Å². The molecule has 4 rings (SSSR count). The van der Waals surface area contributed by atoms with Crippen LogP contribution in [0.15, 0.2) is 22.2 Å². The number of hydrogen-bond acceptors (Lipinski definition) is 6. The number of aromatic nitrogens is 4. The summed E-state index contributed by atoms with van der Waals surface area (Å²) in [6.07, 6.45) is 3.06. The molecule has 0 aliphatic carbocycles. The van der Waals surface area contributed by atoms with Gasteiger partial charge in [-0.25, -0.2) is 4.98 Å². The zero-order valence-electron chi connectivity index (χ0n) is 13.0. The molecule has 3 aromatic heterocycles. The van der Waals surface area contributed by atoms with Gasteiger partial charge in [-0.3, -0.25) is 0 Å². The highest BCUT2D eigenvalue weighted by Crippen LogP contribution is 2.25. The number of rotatable bonds is 5. The van der Waals surface area contributed by atoms with Gasteiger partial charge in [0.2, 0.25) is 0 Å². The molecule has 7 heteroatoms. The molecule has 3 aromatic rings. The van der Waals surface area contributed by atoms with Crippen molar-refractivity contribution in [1.29, 1.82) is 0 Å². The highest BCUT2D eigenvalue weighted by molar-refractivity contribution is 7.14. The van der Waals surface area contributed by atoms with Crippen molar-refractivity contribution in [2.24, 2.45) is 0 Å². The molecule has 0 amide bonds. The SMILES string of the molecule is CCc1nnc2n1CC(NCc1csc(-c3ccsc3)n1)CC2. The fourth-order valence-electron chi connectivity index (χ4n) is 2.97. The number of thiazole rings is 1. The molecule has 0 aromatic carbocycles. The molecule has 0 saturated heterocycles. The van der Waals surface area contributed by atoms with Crippen LogP contribution in [0.2, 0.25) is 0 Å². The smallest absolute Gasteiger partial charge is 0.133 e. The minimum absolute atomic E-state index is 0.468. The monoisotopic (exact) mass is 345 g/mol. The Bertz CT molecular complexity index is 761. The first-order valence-corrected chi connectivity index (χ1v) is 9.77. The van der Waals surface area contributed by atoms with Gasteiger partial charge in [-0.05, 0) is 17.9 Å². The van der Waals surface area contributed by atoms with Crippen LogP contribution in [0.25, 0.3) is 10.6 Å². The summed E-state index contributed by atoms with van der Waals surface area (Å²) in [5.74, 6) is 2.23. The summed E-state index contributed by atoms with van der Waals surface area (Å²) >= 11 is 3.43. The van der Waals surface area contributed by atoms with E-state index in [0.29, 0.717) is 6.04 Å². The summed E-state index contributed by atoms with van der Waals surface area (Å²) in [6.45, 7) is 3.92. The van der Waals surface area contributed by atoms with Crippen molar-refractivity contribution < 1.29 is 0 Å². The lowest BCUT2D eigenvalue weighted by molar-refractivity contribution is 0.372. The van der Waals surface area contributed by atoms with Crippen LogP contribution in [-0.4, -0.2) is 25.8 Å². The lowest BCUT2D eigenvalue weighted by atomic mass is 10.1. The first-order chi connectivity index (χ1) is 11.3. The molecule has 0 bridgehead atoms. The Morgan fingerprint density at radius 3 is 3.13 bits per heavy atom. The van der Waals surface area contributed by atoms with Gasteiger partial charge in [-0.2, -0.15) is 11.3 Å². The van der Waals surface area contributed by atoms with E-state index in [9.17, 15) is 0 Å². The Morgan fingerprint density at radius 2 is 2.30 bits per heavy atom. The summed E-state index contributed by atoms with van der Waals surface area (Å²) in [6, 6.07) is 2.59. The van der Waals surface area contributed by atoms with E-state index in [2.05, 4.69) is 49.2 Å². The molecular formula is C16H19N5S2. The molecule has 1 N–H and O–H groups in total. The molecule has 0 fully saturated rings.